The molecule has 0 bridgehead atoms. The maximum Gasteiger partial charge on any atom is 0.152 e. The summed E-state index contributed by atoms with van der Waals surface area (Å²) >= 11 is 0. The van der Waals surface area contributed by atoms with Crippen molar-refractivity contribution in [3.8, 4) is 0 Å². The van der Waals surface area contributed by atoms with Crippen molar-refractivity contribution in [2.24, 2.45) is 0 Å². The van der Waals surface area contributed by atoms with E-state index < -0.39 is 5.60 Å². The Labute approximate surface area is 171 Å². The number of hydrogen-bond acceptors (Lipinski definition) is 6. The second-order valence-corrected chi connectivity index (χ2v) is 7.80. The molecule has 1 aliphatic rings. The van der Waals surface area contributed by atoms with Gasteiger partial charge in [0, 0.05) is 20.0 Å². The van der Waals surface area contributed by atoms with Crippen LogP contribution in [0.4, 0.5) is 5.82 Å². The molecule has 29 heavy (non-hydrogen) atoms. The van der Waals surface area contributed by atoms with Gasteiger partial charge in [-0.15, -0.1) is 0 Å². The normalized spacial score (nSPS) is 20.2. The van der Waals surface area contributed by atoms with Crippen LogP contribution in [0.2, 0.25) is 0 Å². The molecule has 1 aliphatic carbocycles. The molecule has 7 nitrogen and oxygen atoms in total. The van der Waals surface area contributed by atoms with Gasteiger partial charge in [0.15, 0.2) is 5.82 Å². The van der Waals surface area contributed by atoms with Gasteiger partial charge in [-0.25, -0.2) is 9.97 Å². The van der Waals surface area contributed by atoms with Crippen LogP contribution in [0.3, 0.4) is 0 Å². The van der Waals surface area contributed by atoms with E-state index in [2.05, 4.69) is 34.7 Å². The Balaban J connectivity index is 2.40. The van der Waals surface area contributed by atoms with Gasteiger partial charge in [-0.2, -0.15) is 0 Å². The molecule has 1 atom stereocenters. The van der Waals surface area contributed by atoms with Gasteiger partial charge in [-0.05, 0) is 19.8 Å². The summed E-state index contributed by atoms with van der Waals surface area (Å²) in [6, 6.07) is 0. The number of imidazole rings is 1. The summed E-state index contributed by atoms with van der Waals surface area (Å²) in [6.07, 6.45) is 9.89. The third-order valence-electron chi connectivity index (χ3n) is 5.28. The average Bonchev–Trinajstić information content (AvgIpc) is 3.00. The first-order valence-corrected chi connectivity index (χ1v) is 10.2. The van der Waals surface area contributed by atoms with Crippen LogP contribution in [0.5, 0.6) is 0 Å². The van der Waals surface area contributed by atoms with Crippen LogP contribution in [0, 0.1) is 0 Å². The standard InChI is InChI=1S/C22H32N4O3/c1-5-12-22(2,27)14-26-17(11-13-28-3)25-19-20(26)18-15(24-21(19)23)9-7-6-8-10-16(18)29-4/h6,8-9,27H,5,7,10-14H2,1-4H3,(H2,23,24)/b8-6-,15-9-,18-16-. The lowest BCUT2D eigenvalue weighted by Crippen LogP contribution is -2.37. The van der Waals surface area contributed by atoms with Crippen LogP contribution in [0.1, 0.15) is 45.4 Å². The highest BCUT2D eigenvalue weighted by Gasteiger charge is 2.25. The Morgan fingerprint density at radius 1 is 1.28 bits per heavy atom. The van der Waals surface area contributed by atoms with Crippen LogP contribution in [0.25, 0.3) is 22.9 Å². The van der Waals surface area contributed by atoms with Crippen molar-refractivity contribution in [2.75, 3.05) is 26.6 Å². The van der Waals surface area contributed by atoms with Crippen molar-refractivity contribution in [1.82, 2.24) is 14.5 Å². The Morgan fingerprint density at radius 3 is 2.76 bits per heavy atom. The SMILES string of the molecule is CCCC(C)(O)Cn1c(CCOC)nc2c(N)nc3/c(c21)=C(/OC)C/C=C\C/C=3. The van der Waals surface area contributed by atoms with Crippen molar-refractivity contribution >= 4 is 28.7 Å². The van der Waals surface area contributed by atoms with Crippen molar-refractivity contribution in [2.45, 2.75) is 58.1 Å². The molecule has 158 valence electrons. The molecule has 0 aromatic carbocycles. The van der Waals surface area contributed by atoms with Crippen LogP contribution < -0.4 is 16.3 Å². The number of hydrogen-bond donors (Lipinski definition) is 2. The fourth-order valence-electron chi connectivity index (χ4n) is 3.98. The van der Waals surface area contributed by atoms with Gasteiger partial charge in [0.2, 0.25) is 0 Å². The number of methoxy groups -OCH3 is 2. The predicted molar refractivity (Wildman–Crippen MR) is 116 cm³/mol. The summed E-state index contributed by atoms with van der Waals surface area (Å²) in [6.45, 7) is 4.89. The molecule has 0 saturated carbocycles. The Kier molecular flexibility index (Phi) is 6.59. The molecule has 0 aliphatic heterocycles. The molecule has 0 amide bonds. The maximum absolute atomic E-state index is 11.0. The number of allylic oxidation sites excluding steroid dienone is 1. The monoisotopic (exact) mass is 400 g/mol. The molecule has 0 spiro atoms. The van der Waals surface area contributed by atoms with Gasteiger partial charge in [0.1, 0.15) is 17.1 Å². The topological polar surface area (TPSA) is 95.4 Å². The number of anilines is 1. The van der Waals surface area contributed by atoms with E-state index in [1.165, 1.54) is 0 Å². The van der Waals surface area contributed by atoms with E-state index >= 15 is 0 Å². The maximum atomic E-state index is 11.0. The summed E-state index contributed by atoms with van der Waals surface area (Å²) in [5.41, 5.74) is 6.98. The van der Waals surface area contributed by atoms with E-state index in [9.17, 15) is 5.11 Å². The molecular formula is C22H32N4O3. The minimum atomic E-state index is -0.867. The second kappa shape index (κ2) is 8.97. The number of ether oxygens (including phenoxy) is 2. The van der Waals surface area contributed by atoms with Crippen molar-refractivity contribution in [3.63, 3.8) is 0 Å². The van der Waals surface area contributed by atoms with Gasteiger partial charge in [0.05, 0.1) is 41.9 Å². The average molecular weight is 401 g/mol. The summed E-state index contributed by atoms with van der Waals surface area (Å²) in [7, 11) is 3.35. The number of pyridine rings is 1. The Morgan fingerprint density at radius 2 is 2.07 bits per heavy atom. The van der Waals surface area contributed by atoms with Crippen LogP contribution >= 0.6 is 0 Å². The number of aliphatic hydroxyl groups is 1. The van der Waals surface area contributed by atoms with E-state index in [0.29, 0.717) is 43.7 Å². The van der Waals surface area contributed by atoms with Crippen LogP contribution in [0.15, 0.2) is 12.2 Å². The Bertz CT molecular complexity index is 1020. The summed E-state index contributed by atoms with van der Waals surface area (Å²) in [5, 5.41) is 12.7. The highest BCUT2D eigenvalue weighted by Crippen LogP contribution is 2.23. The quantitative estimate of drug-likeness (QED) is 0.654. The lowest BCUT2D eigenvalue weighted by atomic mass is 10.0. The molecule has 2 aromatic heterocycles. The third-order valence-corrected chi connectivity index (χ3v) is 5.28. The van der Waals surface area contributed by atoms with Gasteiger partial charge in [0.25, 0.3) is 0 Å². The van der Waals surface area contributed by atoms with Crippen molar-refractivity contribution in [1.29, 1.82) is 0 Å². The van der Waals surface area contributed by atoms with Crippen molar-refractivity contribution < 1.29 is 14.6 Å². The summed E-state index contributed by atoms with van der Waals surface area (Å²) in [4.78, 5) is 9.44. The van der Waals surface area contributed by atoms with Gasteiger partial charge in [-0.1, -0.05) is 31.6 Å². The van der Waals surface area contributed by atoms with Gasteiger partial charge in [-0.3, -0.25) is 0 Å². The lowest BCUT2D eigenvalue weighted by molar-refractivity contribution is 0.0324. The minimum absolute atomic E-state index is 0.391. The van der Waals surface area contributed by atoms with Gasteiger partial charge >= 0.3 is 0 Å². The number of nitrogen functional groups attached to an aromatic ring is 1. The van der Waals surface area contributed by atoms with E-state index in [0.717, 1.165) is 40.5 Å². The lowest BCUT2D eigenvalue weighted by Gasteiger charge is -2.25. The smallest absolute Gasteiger partial charge is 0.152 e. The zero-order valence-electron chi connectivity index (χ0n) is 17.9. The second-order valence-electron chi connectivity index (χ2n) is 7.80. The largest absolute Gasteiger partial charge is 0.500 e. The van der Waals surface area contributed by atoms with Crippen LogP contribution in [-0.4, -0.2) is 46.1 Å². The number of fused-ring (bicyclic) bond motifs is 3. The first-order chi connectivity index (χ1) is 13.9. The summed E-state index contributed by atoms with van der Waals surface area (Å²) in [5.74, 6) is 2.04. The van der Waals surface area contributed by atoms with E-state index in [1.807, 2.05) is 6.92 Å². The van der Waals surface area contributed by atoms with Crippen LogP contribution in [-0.2, 0) is 22.4 Å². The van der Waals surface area contributed by atoms with E-state index in [4.69, 9.17) is 20.2 Å². The molecule has 3 rings (SSSR count). The minimum Gasteiger partial charge on any atom is -0.500 e. The van der Waals surface area contributed by atoms with Gasteiger partial charge < -0.3 is 24.9 Å². The first kappa shape index (κ1) is 21.3. The number of rotatable bonds is 8. The molecule has 7 heteroatoms. The third kappa shape index (κ3) is 4.46. The number of aromatic nitrogens is 3. The molecule has 0 radical (unpaired) electrons. The molecule has 2 aromatic rings. The summed E-state index contributed by atoms with van der Waals surface area (Å²) < 4.78 is 13.1. The molecule has 1 unspecified atom stereocenters. The number of nitrogens with two attached hydrogens (primary N) is 1. The number of nitrogens with zero attached hydrogens (tertiary/aromatic N) is 3. The van der Waals surface area contributed by atoms with E-state index in [-0.39, 0.29) is 0 Å². The fourth-order valence-corrected chi connectivity index (χ4v) is 3.98. The highest BCUT2D eigenvalue weighted by molar-refractivity contribution is 5.87. The first-order valence-electron chi connectivity index (χ1n) is 10.2. The molecule has 3 N–H and O–H groups in total. The molecule has 2 heterocycles. The zero-order chi connectivity index (χ0) is 21.0. The fraction of sp³-hybridized carbons (Fsp3) is 0.545. The molecule has 0 saturated heterocycles. The highest BCUT2D eigenvalue weighted by atomic mass is 16.5. The predicted octanol–water partition coefficient (Wildman–Crippen LogP) is 1.64. The van der Waals surface area contributed by atoms with Crippen molar-refractivity contribution in [3.05, 3.63) is 28.5 Å². The molecule has 0 fully saturated rings. The molecular weight excluding hydrogens is 368 g/mol. The van der Waals surface area contributed by atoms with E-state index in [1.54, 1.807) is 14.2 Å². The Hall–Kier alpha value is -2.38. The zero-order valence-corrected chi connectivity index (χ0v) is 17.9.